The molecular weight excluding hydrogens is 618 g/mol. The zero-order valence-corrected chi connectivity index (χ0v) is 24.9. The number of hydrogen-bond acceptors (Lipinski definition) is 13. The molecule has 0 aliphatic carbocycles. The van der Waals surface area contributed by atoms with Crippen LogP contribution in [0.1, 0.15) is 24.8 Å². The van der Waals surface area contributed by atoms with Crippen molar-refractivity contribution in [2.45, 2.75) is 37.6 Å². The minimum atomic E-state index is -4.16. The van der Waals surface area contributed by atoms with E-state index >= 15 is 0 Å². The maximum Gasteiger partial charge on any atom is 0.415 e. The van der Waals surface area contributed by atoms with E-state index in [-0.39, 0.29) is 28.4 Å². The number of nitrogens with one attached hydrogen (secondary N) is 2. The molecule has 1 aliphatic heterocycles. The van der Waals surface area contributed by atoms with Gasteiger partial charge in [0.1, 0.15) is 24.4 Å². The molecule has 0 spiro atoms. The van der Waals surface area contributed by atoms with Gasteiger partial charge in [0.15, 0.2) is 6.33 Å². The van der Waals surface area contributed by atoms with Crippen LogP contribution in [0.2, 0.25) is 0 Å². The number of H-pyrrole nitrogens is 1. The van der Waals surface area contributed by atoms with E-state index in [0.29, 0.717) is 0 Å². The van der Waals surface area contributed by atoms with Crippen molar-refractivity contribution >= 4 is 44.1 Å². The molecular formula is C22H29N6O13P2+. The van der Waals surface area contributed by atoms with Gasteiger partial charge in [-0.1, -0.05) is 17.1 Å². The molecule has 1 aromatic carbocycles. The number of anilines is 1. The van der Waals surface area contributed by atoms with Gasteiger partial charge in [-0.15, -0.1) is 0 Å². The zero-order valence-electron chi connectivity index (χ0n) is 23.1. The Morgan fingerprint density at radius 3 is 2.63 bits per heavy atom. The minimum Gasteiger partial charge on any atom is -0.441 e. The molecule has 234 valence electrons. The standard InChI is InChI=1S/C22H28N6O13P2/c1-11(12-7-5-6-8-13(12)28(33)34)39-22(32)25-21-23-18-15(19(31)24-21)26(2)10-27(18)20-17(30)16(29)14(40-20)9-38-43(4,37)41-42(3,35)36/h5-8,10-11,14,16-17,20,29-30H,9H2,1-4H3,(H2-,23,24,25,31,32,35,36)/p+1/t11?,14-,16+,17?,20-,43?/m1/s1. The largest absolute Gasteiger partial charge is 0.441 e. The summed E-state index contributed by atoms with van der Waals surface area (Å²) in [7, 11) is -6.72. The molecule has 1 aliphatic rings. The fraction of sp³-hybridized carbons (Fsp3) is 0.455. The van der Waals surface area contributed by atoms with E-state index in [4.69, 9.17) is 14.0 Å². The number of fused-ring (bicyclic) bond motifs is 1. The van der Waals surface area contributed by atoms with Gasteiger partial charge in [-0.25, -0.2) is 19.0 Å². The molecule has 19 nitrogen and oxygen atoms in total. The highest BCUT2D eigenvalue weighted by molar-refractivity contribution is 7.65. The molecule has 3 aromatic rings. The summed E-state index contributed by atoms with van der Waals surface area (Å²) in [4.78, 5) is 52.1. The number of carbonyl (C=O) groups excluding carboxylic acids is 1. The fourth-order valence-electron chi connectivity index (χ4n) is 4.45. The number of amides is 1. The molecule has 21 heteroatoms. The van der Waals surface area contributed by atoms with E-state index in [1.807, 2.05) is 0 Å². The summed E-state index contributed by atoms with van der Waals surface area (Å²) in [5, 5.41) is 34.8. The monoisotopic (exact) mass is 647 g/mol. The molecule has 43 heavy (non-hydrogen) atoms. The highest BCUT2D eigenvalue weighted by atomic mass is 31.3. The van der Waals surface area contributed by atoms with Crippen molar-refractivity contribution in [2.75, 3.05) is 25.3 Å². The Labute approximate surface area is 242 Å². The van der Waals surface area contributed by atoms with Crippen LogP contribution in [-0.2, 0) is 34.5 Å². The summed E-state index contributed by atoms with van der Waals surface area (Å²) in [6, 6.07) is 5.69. The van der Waals surface area contributed by atoms with Crippen molar-refractivity contribution < 1.29 is 56.8 Å². The molecule has 4 rings (SSSR count). The first kappa shape index (κ1) is 32.4. The molecule has 1 saturated heterocycles. The number of aromatic nitrogens is 4. The van der Waals surface area contributed by atoms with Crippen molar-refractivity contribution in [3.05, 3.63) is 56.6 Å². The van der Waals surface area contributed by atoms with Crippen molar-refractivity contribution in [3.63, 3.8) is 0 Å². The predicted octanol–water partition coefficient (Wildman–Crippen LogP) is 1.06. The second-order valence-electron chi connectivity index (χ2n) is 9.71. The molecule has 5 N–H and O–H groups in total. The first-order valence-corrected chi connectivity index (χ1v) is 16.5. The fourth-order valence-corrected chi connectivity index (χ4v) is 7.26. The van der Waals surface area contributed by atoms with Gasteiger partial charge in [-0.05, 0) is 13.0 Å². The van der Waals surface area contributed by atoms with E-state index in [9.17, 15) is 43.9 Å². The van der Waals surface area contributed by atoms with Crippen molar-refractivity contribution in [3.8, 4) is 0 Å². The van der Waals surface area contributed by atoms with Crippen LogP contribution in [-0.4, -0.2) is 78.9 Å². The van der Waals surface area contributed by atoms with Crippen LogP contribution in [0.25, 0.3) is 11.2 Å². The number of hydrogen-bond donors (Lipinski definition) is 5. The number of nitrogens with zero attached hydrogens (tertiary/aromatic N) is 4. The second kappa shape index (κ2) is 12.2. The van der Waals surface area contributed by atoms with E-state index in [1.165, 1.54) is 47.6 Å². The van der Waals surface area contributed by atoms with Crippen molar-refractivity contribution in [1.82, 2.24) is 14.5 Å². The number of para-hydroxylation sites is 1. The normalized spacial score (nSPS) is 23.8. The lowest BCUT2D eigenvalue weighted by Crippen LogP contribution is -2.46. The van der Waals surface area contributed by atoms with Crippen LogP contribution < -0.4 is 15.4 Å². The third-order valence-corrected chi connectivity index (χ3v) is 9.25. The lowest BCUT2D eigenvalue weighted by Gasteiger charge is -2.19. The van der Waals surface area contributed by atoms with Crippen molar-refractivity contribution in [2.24, 2.45) is 7.05 Å². The molecule has 2 aromatic heterocycles. The Morgan fingerprint density at radius 1 is 1.30 bits per heavy atom. The maximum absolute atomic E-state index is 12.9. The van der Waals surface area contributed by atoms with Gasteiger partial charge < -0.3 is 29.1 Å². The number of carbonyl (C=O) groups is 1. The summed E-state index contributed by atoms with van der Waals surface area (Å²) in [6.07, 6.45) is -6.64. The molecule has 1 fully saturated rings. The number of rotatable bonds is 10. The topological polar surface area (TPSA) is 259 Å². The first-order chi connectivity index (χ1) is 20.0. The predicted molar refractivity (Wildman–Crippen MR) is 145 cm³/mol. The number of imidazole rings is 1. The number of benzene rings is 1. The smallest absolute Gasteiger partial charge is 0.415 e. The number of ether oxygens (including phenoxy) is 2. The number of aromatic amines is 1. The third-order valence-electron chi connectivity index (χ3n) is 6.23. The summed E-state index contributed by atoms with van der Waals surface area (Å²) in [5.74, 6) is -0.373. The van der Waals surface area contributed by atoms with E-state index in [0.717, 1.165) is 13.3 Å². The van der Waals surface area contributed by atoms with Gasteiger partial charge in [0.25, 0.3) is 17.2 Å². The second-order valence-corrected chi connectivity index (χ2v) is 13.8. The highest BCUT2D eigenvalue weighted by Gasteiger charge is 2.48. The zero-order chi connectivity index (χ0) is 31.9. The summed E-state index contributed by atoms with van der Waals surface area (Å²) >= 11 is 0. The van der Waals surface area contributed by atoms with Crippen LogP contribution in [0.5, 0.6) is 0 Å². The average Bonchev–Trinajstić information content (AvgIpc) is 3.36. The van der Waals surface area contributed by atoms with Crippen molar-refractivity contribution in [1.29, 1.82) is 0 Å². The van der Waals surface area contributed by atoms with Crippen LogP contribution in [0.15, 0.2) is 35.4 Å². The van der Waals surface area contributed by atoms with E-state index in [2.05, 4.69) is 19.6 Å². The van der Waals surface area contributed by atoms with Gasteiger partial charge in [0.2, 0.25) is 11.7 Å². The Hall–Kier alpha value is -3.54. The number of nitro groups is 1. The molecule has 1 amide bonds. The molecule has 7 atom stereocenters. The number of aliphatic hydroxyl groups excluding tert-OH is 2. The summed E-state index contributed by atoms with van der Waals surface area (Å²) in [5.41, 5.74) is -0.933. The Bertz CT molecular complexity index is 1700. The highest BCUT2D eigenvalue weighted by Crippen LogP contribution is 2.58. The lowest BCUT2D eigenvalue weighted by molar-refractivity contribution is -0.745. The van der Waals surface area contributed by atoms with E-state index < -0.39 is 69.0 Å². The number of aliphatic hydroxyl groups is 2. The van der Waals surface area contributed by atoms with E-state index in [1.54, 1.807) is 6.07 Å². The van der Waals surface area contributed by atoms with Gasteiger partial charge >= 0.3 is 26.9 Å². The molecule has 0 radical (unpaired) electrons. The van der Waals surface area contributed by atoms with Crippen LogP contribution in [0.4, 0.5) is 16.4 Å². The summed E-state index contributed by atoms with van der Waals surface area (Å²) < 4.78 is 46.9. The number of nitro benzene ring substituents is 1. The van der Waals surface area contributed by atoms with Crippen LogP contribution in [0, 0.1) is 10.1 Å². The van der Waals surface area contributed by atoms with Crippen LogP contribution in [0.3, 0.4) is 0 Å². The Kier molecular flexibility index (Phi) is 9.20. The quantitative estimate of drug-likeness (QED) is 0.0892. The summed E-state index contributed by atoms with van der Waals surface area (Å²) in [6.45, 7) is 2.59. The molecule has 0 saturated carbocycles. The maximum atomic E-state index is 12.9. The van der Waals surface area contributed by atoms with Gasteiger partial charge in [-0.3, -0.25) is 33.6 Å². The Morgan fingerprint density at radius 2 is 1.98 bits per heavy atom. The number of aryl methyl sites for hydroxylation is 1. The van der Waals surface area contributed by atoms with Gasteiger partial charge in [0.05, 0.1) is 24.1 Å². The van der Waals surface area contributed by atoms with Gasteiger partial charge in [0, 0.05) is 19.4 Å². The van der Waals surface area contributed by atoms with Crippen LogP contribution >= 0.6 is 15.2 Å². The SMILES string of the molecule is CC(OC(=O)Nc1nc2c(c(=O)[nH]1)n(C)c[n+]2[C@@H]1O[C@H](COP(C)(=O)OP(C)(=O)O)[C@H](O)C1O)c1ccccc1[N+](=O)[O-]. The molecule has 3 heterocycles. The molecule has 4 unspecified atom stereocenters. The average molecular weight is 647 g/mol. The minimum absolute atomic E-state index is 0.00899. The Balaban J connectivity index is 1.54. The van der Waals surface area contributed by atoms with Gasteiger partial charge in [-0.2, -0.15) is 0 Å². The third kappa shape index (κ3) is 7.34. The first-order valence-electron chi connectivity index (χ1n) is 12.4. The molecule has 0 bridgehead atoms. The lowest BCUT2D eigenvalue weighted by atomic mass is 10.1.